The van der Waals surface area contributed by atoms with Crippen LogP contribution in [-0.4, -0.2) is 17.1 Å². The van der Waals surface area contributed by atoms with Crippen molar-refractivity contribution in [3.63, 3.8) is 0 Å². The van der Waals surface area contributed by atoms with Crippen LogP contribution < -0.4 is 4.74 Å². The lowest BCUT2D eigenvalue weighted by Crippen LogP contribution is -1.86. The second-order valence-electron chi connectivity index (χ2n) is 3.61. The van der Waals surface area contributed by atoms with Gasteiger partial charge in [0, 0.05) is 18.5 Å². The maximum absolute atomic E-state index is 5.00. The lowest BCUT2D eigenvalue weighted by molar-refractivity contribution is 0.398. The van der Waals surface area contributed by atoms with Crippen LogP contribution in [0.4, 0.5) is 0 Å². The van der Waals surface area contributed by atoms with Crippen molar-refractivity contribution >= 4 is 12.2 Å². The van der Waals surface area contributed by atoms with Gasteiger partial charge in [0.05, 0.1) is 12.8 Å². The summed E-state index contributed by atoms with van der Waals surface area (Å²) in [5, 5.41) is 0. The summed E-state index contributed by atoms with van der Waals surface area (Å²) in [5.74, 6) is 0.621. The van der Waals surface area contributed by atoms with E-state index in [2.05, 4.69) is 9.97 Å². The highest BCUT2D eigenvalue weighted by molar-refractivity contribution is 5.55. The maximum Gasteiger partial charge on any atom is 0.212 e. The Morgan fingerprint density at radius 1 is 1.00 bits per heavy atom. The van der Waals surface area contributed by atoms with Crippen molar-refractivity contribution in [1.29, 1.82) is 0 Å². The Morgan fingerprint density at radius 2 is 1.89 bits per heavy atom. The molecule has 0 radical (unpaired) electrons. The van der Waals surface area contributed by atoms with E-state index in [1.165, 1.54) is 0 Å². The zero-order valence-electron chi connectivity index (χ0n) is 10.2. The van der Waals surface area contributed by atoms with Gasteiger partial charge in [-0.05, 0) is 29.8 Å². The second kappa shape index (κ2) is 6.35. The number of aromatic nitrogens is 2. The minimum atomic E-state index is 0.621. The Morgan fingerprint density at radius 3 is 2.56 bits per heavy atom. The molecule has 2 rings (SSSR count). The molecule has 2 aromatic heterocycles. The van der Waals surface area contributed by atoms with Crippen molar-refractivity contribution in [2.75, 3.05) is 7.11 Å². The van der Waals surface area contributed by atoms with Crippen LogP contribution in [0.25, 0.3) is 12.2 Å². The largest absolute Gasteiger partial charge is 0.481 e. The van der Waals surface area contributed by atoms with Gasteiger partial charge in [-0.15, -0.1) is 0 Å². The van der Waals surface area contributed by atoms with Crippen LogP contribution in [0, 0.1) is 0 Å². The number of hydrogen-bond donors (Lipinski definition) is 0. The molecule has 0 aliphatic heterocycles. The first kappa shape index (κ1) is 12.0. The molecule has 0 aliphatic rings. The van der Waals surface area contributed by atoms with E-state index < -0.39 is 0 Å². The van der Waals surface area contributed by atoms with Gasteiger partial charge in [-0.1, -0.05) is 24.3 Å². The van der Waals surface area contributed by atoms with Crippen molar-refractivity contribution in [3.8, 4) is 5.88 Å². The fourth-order valence-electron chi connectivity index (χ4n) is 1.41. The van der Waals surface area contributed by atoms with Crippen LogP contribution in [0.1, 0.15) is 11.3 Å². The van der Waals surface area contributed by atoms with E-state index in [1.54, 1.807) is 19.5 Å². The number of rotatable bonds is 4. The van der Waals surface area contributed by atoms with Gasteiger partial charge in [0.25, 0.3) is 0 Å². The van der Waals surface area contributed by atoms with Crippen molar-refractivity contribution in [2.45, 2.75) is 0 Å². The molecule has 0 atom stereocenters. The van der Waals surface area contributed by atoms with Gasteiger partial charge in [0.15, 0.2) is 0 Å². The van der Waals surface area contributed by atoms with Gasteiger partial charge < -0.3 is 4.74 Å². The first-order valence-electron chi connectivity index (χ1n) is 5.64. The molecule has 0 unspecified atom stereocenters. The van der Waals surface area contributed by atoms with Crippen molar-refractivity contribution in [3.05, 3.63) is 66.1 Å². The van der Waals surface area contributed by atoms with E-state index in [-0.39, 0.29) is 0 Å². The number of hydrogen-bond acceptors (Lipinski definition) is 3. The highest BCUT2D eigenvalue weighted by atomic mass is 16.5. The molecule has 2 aromatic rings. The molecule has 0 amide bonds. The summed E-state index contributed by atoms with van der Waals surface area (Å²) in [5.41, 5.74) is 1.97. The standard InChI is InChI=1S/C15H14N2O/c1-18-15-10-9-13(12-17-15)6-2-3-7-14-8-4-5-11-16-14/h2-12H,1H3. The Balaban J connectivity index is 1.96. The number of pyridine rings is 2. The Bertz CT molecular complexity index is 530. The minimum Gasteiger partial charge on any atom is -0.481 e. The second-order valence-corrected chi connectivity index (χ2v) is 3.61. The summed E-state index contributed by atoms with van der Waals surface area (Å²) < 4.78 is 5.00. The van der Waals surface area contributed by atoms with Crippen molar-refractivity contribution < 1.29 is 4.74 Å². The number of ether oxygens (including phenoxy) is 1. The predicted octanol–water partition coefficient (Wildman–Crippen LogP) is 3.21. The predicted molar refractivity (Wildman–Crippen MR) is 73.1 cm³/mol. The molecule has 0 saturated heterocycles. The van der Waals surface area contributed by atoms with Crippen molar-refractivity contribution in [1.82, 2.24) is 9.97 Å². The van der Waals surface area contributed by atoms with Gasteiger partial charge in [-0.25, -0.2) is 4.98 Å². The zero-order valence-corrected chi connectivity index (χ0v) is 10.2. The fourth-order valence-corrected chi connectivity index (χ4v) is 1.41. The van der Waals surface area contributed by atoms with E-state index in [9.17, 15) is 0 Å². The summed E-state index contributed by atoms with van der Waals surface area (Å²) in [6, 6.07) is 9.61. The molecule has 3 heteroatoms. The van der Waals surface area contributed by atoms with Crippen LogP contribution >= 0.6 is 0 Å². The average Bonchev–Trinajstić information content (AvgIpc) is 2.45. The molecule has 90 valence electrons. The van der Waals surface area contributed by atoms with Gasteiger partial charge in [0.2, 0.25) is 5.88 Å². The van der Waals surface area contributed by atoms with Gasteiger partial charge in [-0.3, -0.25) is 4.98 Å². The fraction of sp³-hybridized carbons (Fsp3) is 0.0667. The van der Waals surface area contributed by atoms with E-state index >= 15 is 0 Å². The molecular weight excluding hydrogens is 224 g/mol. The molecule has 0 bridgehead atoms. The summed E-state index contributed by atoms with van der Waals surface area (Å²) >= 11 is 0. The monoisotopic (exact) mass is 238 g/mol. The normalized spacial score (nSPS) is 11.2. The van der Waals surface area contributed by atoms with Crippen LogP contribution in [0.2, 0.25) is 0 Å². The molecular formula is C15H14N2O. The minimum absolute atomic E-state index is 0.621. The Kier molecular flexibility index (Phi) is 4.25. The number of methoxy groups -OCH3 is 1. The molecule has 0 fully saturated rings. The number of allylic oxidation sites excluding steroid dienone is 2. The lowest BCUT2D eigenvalue weighted by atomic mass is 10.2. The smallest absolute Gasteiger partial charge is 0.212 e. The maximum atomic E-state index is 5.00. The molecule has 2 heterocycles. The van der Waals surface area contributed by atoms with E-state index in [4.69, 9.17) is 4.74 Å². The molecule has 0 aromatic carbocycles. The van der Waals surface area contributed by atoms with Crippen LogP contribution in [0.5, 0.6) is 5.88 Å². The third-order valence-electron chi connectivity index (χ3n) is 2.32. The summed E-state index contributed by atoms with van der Waals surface area (Å²) in [6.07, 6.45) is 11.4. The molecule has 0 saturated carbocycles. The van der Waals surface area contributed by atoms with E-state index in [0.29, 0.717) is 5.88 Å². The molecule has 0 spiro atoms. The SMILES string of the molecule is COc1ccc(C=CC=Cc2ccccn2)cn1. The summed E-state index contributed by atoms with van der Waals surface area (Å²) in [6.45, 7) is 0. The first-order chi connectivity index (χ1) is 8.88. The Hall–Kier alpha value is -2.42. The molecule has 18 heavy (non-hydrogen) atoms. The van der Waals surface area contributed by atoms with Gasteiger partial charge in [-0.2, -0.15) is 0 Å². The van der Waals surface area contributed by atoms with E-state index in [1.807, 2.05) is 54.6 Å². The summed E-state index contributed by atoms with van der Waals surface area (Å²) in [7, 11) is 1.60. The first-order valence-corrected chi connectivity index (χ1v) is 5.64. The van der Waals surface area contributed by atoms with Crippen molar-refractivity contribution in [2.24, 2.45) is 0 Å². The highest BCUT2D eigenvalue weighted by Crippen LogP contribution is 2.08. The third kappa shape index (κ3) is 3.56. The average molecular weight is 238 g/mol. The lowest BCUT2D eigenvalue weighted by Gasteiger charge is -1.97. The topological polar surface area (TPSA) is 35.0 Å². The third-order valence-corrected chi connectivity index (χ3v) is 2.32. The van der Waals surface area contributed by atoms with Gasteiger partial charge >= 0.3 is 0 Å². The highest BCUT2D eigenvalue weighted by Gasteiger charge is 1.90. The zero-order chi connectivity index (χ0) is 12.6. The number of nitrogens with zero attached hydrogens (tertiary/aromatic N) is 2. The van der Waals surface area contributed by atoms with Crippen LogP contribution in [-0.2, 0) is 0 Å². The van der Waals surface area contributed by atoms with Gasteiger partial charge in [0.1, 0.15) is 0 Å². The molecule has 3 nitrogen and oxygen atoms in total. The van der Waals surface area contributed by atoms with Crippen LogP contribution in [0.3, 0.4) is 0 Å². The van der Waals surface area contributed by atoms with Crippen LogP contribution in [0.15, 0.2) is 54.9 Å². The molecule has 0 N–H and O–H groups in total. The summed E-state index contributed by atoms with van der Waals surface area (Å²) in [4.78, 5) is 8.32. The Labute approximate surface area is 106 Å². The quantitative estimate of drug-likeness (QED) is 0.767. The molecule has 0 aliphatic carbocycles. The van der Waals surface area contributed by atoms with E-state index in [0.717, 1.165) is 11.3 Å².